The number of methoxy groups -OCH3 is 2. The summed E-state index contributed by atoms with van der Waals surface area (Å²) >= 11 is 0. The number of nitrogens with zero attached hydrogens (tertiary/aromatic N) is 5. The molecule has 0 aliphatic heterocycles. The number of rotatable bonds is 8. The molecule has 0 radical (unpaired) electrons. The lowest BCUT2D eigenvalue weighted by Gasteiger charge is -2.11. The topological polar surface area (TPSA) is 113 Å². The molecule has 0 saturated heterocycles. The van der Waals surface area contributed by atoms with E-state index in [-0.39, 0.29) is 17.8 Å². The number of nitrogens with one attached hydrogen (secondary N) is 1. The minimum atomic E-state index is -0.472. The first kappa shape index (κ1) is 21.2. The molecule has 0 aliphatic carbocycles. The summed E-state index contributed by atoms with van der Waals surface area (Å²) in [7, 11) is 3.09. The monoisotopic (exact) mass is 434 g/mol. The molecule has 4 rings (SSSR count). The highest BCUT2D eigenvalue weighted by molar-refractivity contribution is 6.02. The third-order valence-electron chi connectivity index (χ3n) is 4.83. The highest BCUT2D eigenvalue weighted by atomic mass is 16.5. The Labute approximate surface area is 183 Å². The molecule has 4 aromatic rings. The number of anilines is 1. The number of amides is 1. The zero-order valence-corrected chi connectivity index (χ0v) is 17.7. The molecule has 0 bridgehead atoms. The summed E-state index contributed by atoms with van der Waals surface area (Å²) in [6.07, 6.45) is 1.71. The summed E-state index contributed by atoms with van der Waals surface area (Å²) in [6.45, 7) is 0.997. The second-order valence-electron chi connectivity index (χ2n) is 6.95. The van der Waals surface area contributed by atoms with E-state index in [0.29, 0.717) is 25.0 Å². The number of benzene rings is 1. The largest absolute Gasteiger partial charge is 0.481 e. The van der Waals surface area contributed by atoms with Crippen molar-refractivity contribution in [2.75, 3.05) is 26.1 Å². The van der Waals surface area contributed by atoms with Crippen LogP contribution in [0.5, 0.6) is 5.88 Å². The summed E-state index contributed by atoms with van der Waals surface area (Å²) < 4.78 is 13.2. The van der Waals surface area contributed by atoms with Crippen LogP contribution in [-0.4, -0.2) is 51.0 Å². The van der Waals surface area contributed by atoms with Crippen LogP contribution in [0, 0.1) is 0 Å². The predicted octanol–water partition coefficient (Wildman–Crippen LogP) is 1.94. The highest BCUT2D eigenvalue weighted by Gasteiger charge is 2.16. The number of imidazole rings is 1. The van der Waals surface area contributed by atoms with E-state index in [1.165, 1.54) is 23.9 Å². The van der Waals surface area contributed by atoms with Crippen LogP contribution in [0.15, 0.2) is 59.5 Å². The molecule has 0 aliphatic rings. The predicted molar refractivity (Wildman–Crippen MR) is 118 cm³/mol. The number of hydrogen-bond donors (Lipinski definition) is 1. The average Bonchev–Trinajstić information content (AvgIpc) is 3.15. The number of carbonyl (C=O) groups excluding carboxylic acids is 1. The zero-order valence-electron chi connectivity index (χ0n) is 17.7. The Hall–Kier alpha value is -4.05. The molecule has 0 saturated carbocycles. The summed E-state index contributed by atoms with van der Waals surface area (Å²) in [6, 6.07) is 14.0. The van der Waals surface area contributed by atoms with Gasteiger partial charge in [-0.2, -0.15) is 5.10 Å². The van der Waals surface area contributed by atoms with Gasteiger partial charge in [-0.05, 0) is 23.8 Å². The lowest BCUT2D eigenvalue weighted by atomic mass is 10.2. The van der Waals surface area contributed by atoms with E-state index in [0.717, 1.165) is 16.6 Å². The quantitative estimate of drug-likeness (QED) is 0.451. The normalized spacial score (nSPS) is 10.9. The second kappa shape index (κ2) is 9.40. The molecular formula is C22H22N6O4. The molecular weight excluding hydrogens is 412 g/mol. The fraction of sp³-hybridized carbons (Fsp3) is 0.227. The van der Waals surface area contributed by atoms with Gasteiger partial charge in [0.15, 0.2) is 0 Å². The Kier molecular flexibility index (Phi) is 6.22. The fourth-order valence-electron chi connectivity index (χ4n) is 3.21. The molecule has 0 unspecified atom stereocenters. The maximum atomic E-state index is 12.9. The van der Waals surface area contributed by atoms with Crippen LogP contribution in [0.2, 0.25) is 0 Å². The van der Waals surface area contributed by atoms with Crippen LogP contribution in [0.4, 0.5) is 5.95 Å². The summed E-state index contributed by atoms with van der Waals surface area (Å²) in [4.78, 5) is 33.7. The number of pyridine rings is 1. The van der Waals surface area contributed by atoms with Crippen molar-refractivity contribution in [1.82, 2.24) is 24.3 Å². The van der Waals surface area contributed by atoms with Crippen molar-refractivity contribution in [3.63, 3.8) is 0 Å². The van der Waals surface area contributed by atoms with Crippen LogP contribution in [0.1, 0.15) is 16.1 Å². The van der Waals surface area contributed by atoms with E-state index in [1.54, 1.807) is 19.4 Å². The first-order valence-electron chi connectivity index (χ1n) is 9.91. The van der Waals surface area contributed by atoms with Gasteiger partial charge >= 0.3 is 0 Å². The van der Waals surface area contributed by atoms with E-state index in [9.17, 15) is 9.59 Å². The highest BCUT2D eigenvalue weighted by Crippen LogP contribution is 2.22. The first-order chi connectivity index (χ1) is 15.6. The third-order valence-corrected chi connectivity index (χ3v) is 4.83. The van der Waals surface area contributed by atoms with Gasteiger partial charge in [0.25, 0.3) is 11.5 Å². The van der Waals surface area contributed by atoms with E-state index in [2.05, 4.69) is 20.4 Å². The molecule has 0 fully saturated rings. The molecule has 164 valence electrons. The lowest BCUT2D eigenvalue weighted by molar-refractivity contribution is 0.101. The molecule has 1 aromatic carbocycles. The van der Waals surface area contributed by atoms with Crippen molar-refractivity contribution in [1.29, 1.82) is 0 Å². The number of aromatic nitrogens is 5. The van der Waals surface area contributed by atoms with Gasteiger partial charge in [0.1, 0.15) is 5.69 Å². The van der Waals surface area contributed by atoms with Crippen molar-refractivity contribution in [3.8, 4) is 5.88 Å². The van der Waals surface area contributed by atoms with Gasteiger partial charge in [-0.3, -0.25) is 14.9 Å². The molecule has 1 N–H and O–H groups in total. The molecule has 10 heteroatoms. The molecule has 32 heavy (non-hydrogen) atoms. The summed E-state index contributed by atoms with van der Waals surface area (Å²) in [5.41, 5.74) is 2.30. The minimum Gasteiger partial charge on any atom is -0.481 e. The zero-order chi connectivity index (χ0) is 22.5. The molecule has 1 amide bonds. The number of ether oxygens (including phenoxy) is 2. The van der Waals surface area contributed by atoms with Crippen molar-refractivity contribution >= 4 is 22.9 Å². The standard InChI is InChI=1S/C22H22N6O4/c1-31-12-11-28-20(29)10-8-17(26-28)21(30)25-22-24-16-5-3-4-6-18(16)27(22)14-15-7-9-19(32-2)23-13-15/h3-10,13H,11-12,14H2,1-2H3,(H,24,25,30). The Balaban J connectivity index is 1.64. The van der Waals surface area contributed by atoms with Crippen LogP contribution in [-0.2, 0) is 17.8 Å². The Morgan fingerprint density at radius 1 is 1.09 bits per heavy atom. The molecule has 3 heterocycles. The summed E-state index contributed by atoms with van der Waals surface area (Å²) in [5, 5.41) is 6.96. The Morgan fingerprint density at radius 2 is 1.94 bits per heavy atom. The number of carbonyl (C=O) groups is 1. The lowest BCUT2D eigenvalue weighted by Crippen LogP contribution is -2.28. The molecule has 0 atom stereocenters. The van der Waals surface area contributed by atoms with Crippen molar-refractivity contribution in [2.45, 2.75) is 13.1 Å². The van der Waals surface area contributed by atoms with Crippen LogP contribution in [0.3, 0.4) is 0 Å². The average molecular weight is 434 g/mol. The van der Waals surface area contributed by atoms with Crippen molar-refractivity contribution in [2.24, 2.45) is 0 Å². The van der Waals surface area contributed by atoms with E-state index in [4.69, 9.17) is 9.47 Å². The molecule has 0 spiro atoms. The second-order valence-corrected chi connectivity index (χ2v) is 6.95. The van der Waals surface area contributed by atoms with E-state index >= 15 is 0 Å². The SMILES string of the molecule is COCCn1nc(C(=O)Nc2nc3ccccc3n2Cc2ccc(OC)nc2)ccc1=O. The third kappa shape index (κ3) is 4.49. The van der Waals surface area contributed by atoms with Crippen molar-refractivity contribution in [3.05, 3.63) is 76.3 Å². The van der Waals surface area contributed by atoms with Crippen LogP contribution in [0.25, 0.3) is 11.0 Å². The van der Waals surface area contributed by atoms with Gasteiger partial charge in [-0.25, -0.2) is 14.6 Å². The smallest absolute Gasteiger partial charge is 0.278 e. The maximum absolute atomic E-state index is 12.9. The van der Waals surface area contributed by atoms with Gasteiger partial charge < -0.3 is 14.0 Å². The Morgan fingerprint density at radius 3 is 2.69 bits per heavy atom. The fourth-order valence-corrected chi connectivity index (χ4v) is 3.21. The molecule has 3 aromatic heterocycles. The van der Waals surface area contributed by atoms with Crippen molar-refractivity contribution < 1.29 is 14.3 Å². The van der Waals surface area contributed by atoms with Crippen LogP contribution < -0.4 is 15.6 Å². The Bertz CT molecular complexity index is 1300. The number of hydrogen-bond acceptors (Lipinski definition) is 7. The van der Waals surface area contributed by atoms with Gasteiger partial charge in [0.2, 0.25) is 11.8 Å². The number of para-hydroxylation sites is 2. The summed E-state index contributed by atoms with van der Waals surface area (Å²) in [5.74, 6) is 0.413. The van der Waals surface area contributed by atoms with Gasteiger partial charge in [-0.15, -0.1) is 0 Å². The molecule has 10 nitrogen and oxygen atoms in total. The maximum Gasteiger partial charge on any atom is 0.278 e. The van der Waals surface area contributed by atoms with Gasteiger partial charge in [0.05, 0.1) is 37.8 Å². The van der Waals surface area contributed by atoms with E-state index in [1.807, 2.05) is 34.9 Å². The van der Waals surface area contributed by atoms with Gasteiger partial charge in [-0.1, -0.05) is 18.2 Å². The first-order valence-corrected chi connectivity index (χ1v) is 9.91. The van der Waals surface area contributed by atoms with Crippen LogP contribution >= 0.6 is 0 Å². The number of fused-ring (bicyclic) bond motifs is 1. The van der Waals surface area contributed by atoms with E-state index < -0.39 is 5.91 Å². The minimum absolute atomic E-state index is 0.102. The van der Waals surface area contributed by atoms with Gasteiger partial charge in [0, 0.05) is 25.4 Å².